The van der Waals surface area contributed by atoms with Crippen LogP contribution in [0.15, 0.2) is 109 Å². The maximum atomic E-state index is 12.8. The molecule has 0 aromatic rings. The molecule has 0 radical (unpaired) electrons. The lowest BCUT2D eigenvalue weighted by Crippen LogP contribution is -2.30. The highest BCUT2D eigenvalue weighted by Crippen LogP contribution is 2.12. The summed E-state index contributed by atoms with van der Waals surface area (Å²) < 4.78 is 16.7. The third-order valence-corrected chi connectivity index (χ3v) is 9.72. The second-order valence-corrected chi connectivity index (χ2v) is 15.6. The van der Waals surface area contributed by atoms with Gasteiger partial charge in [0, 0.05) is 19.3 Å². The van der Waals surface area contributed by atoms with Gasteiger partial charge < -0.3 is 14.2 Å². The van der Waals surface area contributed by atoms with Crippen molar-refractivity contribution in [3.05, 3.63) is 109 Å². The molecule has 0 aromatic heterocycles. The Bertz CT molecular complexity index is 1290. The number of carbonyl (C=O) groups is 3. The molecule has 0 fully saturated rings. The van der Waals surface area contributed by atoms with E-state index in [1.807, 2.05) is 0 Å². The van der Waals surface area contributed by atoms with Crippen molar-refractivity contribution in [3.63, 3.8) is 0 Å². The van der Waals surface area contributed by atoms with Gasteiger partial charge >= 0.3 is 17.9 Å². The third kappa shape index (κ3) is 47.0. The summed E-state index contributed by atoms with van der Waals surface area (Å²) in [5.41, 5.74) is 0. The molecule has 0 heterocycles. The van der Waals surface area contributed by atoms with Crippen molar-refractivity contribution in [2.24, 2.45) is 0 Å². The number of hydrogen-bond donors (Lipinski definition) is 0. The fourth-order valence-corrected chi connectivity index (χ4v) is 6.13. The molecule has 1 unspecified atom stereocenters. The van der Waals surface area contributed by atoms with E-state index in [0.29, 0.717) is 25.7 Å². The summed E-state index contributed by atoms with van der Waals surface area (Å²) in [7, 11) is 0. The Hall–Kier alpha value is -3.93. The van der Waals surface area contributed by atoms with Crippen LogP contribution in [0.5, 0.6) is 0 Å². The van der Waals surface area contributed by atoms with Crippen LogP contribution in [0.1, 0.15) is 201 Å². The lowest BCUT2D eigenvalue weighted by molar-refractivity contribution is -0.167. The van der Waals surface area contributed by atoms with Gasteiger partial charge in [-0.1, -0.05) is 175 Å². The fourth-order valence-electron chi connectivity index (χ4n) is 6.13. The molecule has 0 rings (SSSR count). The van der Waals surface area contributed by atoms with Crippen molar-refractivity contribution in [1.82, 2.24) is 0 Å². The SMILES string of the molecule is CC/C=C\C/C=C\C/C=C\C/C=C\CCCCC(=O)OCC(COC(=O)CCCCCCC/C=C\C/C=C\CCC)OC(=O)CCCCCCC/C=C\C/C=C\C/C=C\CC. The average Bonchev–Trinajstić information content (AvgIpc) is 3.26. The summed E-state index contributed by atoms with van der Waals surface area (Å²) in [6.45, 7) is 6.26. The lowest BCUT2D eigenvalue weighted by atomic mass is 10.1. The van der Waals surface area contributed by atoms with Crippen LogP contribution in [0, 0.1) is 0 Å². The highest BCUT2D eigenvalue weighted by atomic mass is 16.6. The molecule has 0 spiro atoms. The smallest absolute Gasteiger partial charge is 0.306 e. The molecule has 61 heavy (non-hydrogen) atoms. The summed E-state index contributed by atoms with van der Waals surface area (Å²) in [6, 6.07) is 0. The molecule has 0 amide bonds. The summed E-state index contributed by atoms with van der Waals surface area (Å²) in [6.07, 6.45) is 65.0. The van der Waals surface area contributed by atoms with Crippen LogP contribution in [0.25, 0.3) is 0 Å². The molecule has 344 valence electrons. The van der Waals surface area contributed by atoms with Gasteiger partial charge in [-0.25, -0.2) is 0 Å². The lowest BCUT2D eigenvalue weighted by Gasteiger charge is -2.18. The minimum Gasteiger partial charge on any atom is -0.462 e. The minimum atomic E-state index is -0.811. The van der Waals surface area contributed by atoms with Crippen LogP contribution in [0.2, 0.25) is 0 Å². The predicted molar refractivity (Wildman–Crippen MR) is 260 cm³/mol. The average molecular weight is 845 g/mol. The van der Waals surface area contributed by atoms with Crippen LogP contribution < -0.4 is 0 Å². The van der Waals surface area contributed by atoms with Crippen molar-refractivity contribution in [2.45, 2.75) is 207 Å². The van der Waals surface area contributed by atoms with E-state index in [1.165, 1.54) is 6.42 Å². The zero-order valence-corrected chi connectivity index (χ0v) is 39.1. The van der Waals surface area contributed by atoms with Crippen LogP contribution in [0.3, 0.4) is 0 Å². The Morgan fingerprint density at radius 3 is 1.03 bits per heavy atom. The molecule has 6 heteroatoms. The van der Waals surface area contributed by atoms with Crippen LogP contribution in [-0.2, 0) is 28.6 Å². The Labute approximate surface area is 374 Å². The standard InChI is InChI=1S/C55H88O6/c1-4-7-10-13-16-19-22-25-27-30-33-36-39-42-45-48-54(57)60-51-52(50-59-53(56)47-44-41-38-35-32-29-24-21-18-15-12-9-6-3)61-55(58)49-46-43-40-37-34-31-28-26-23-20-17-14-11-8-5-2/h7-8,10-12,15-17,19-21,24-28,33,36,52H,4-6,9,13-14,18,22-23,29-32,34-35,37-51H2,1-3H3/b10-7-,11-8-,15-12-,19-16-,20-17-,24-21-,27-25-,28-26-,36-33-. The van der Waals surface area contributed by atoms with Gasteiger partial charge in [0.2, 0.25) is 0 Å². The summed E-state index contributed by atoms with van der Waals surface area (Å²) in [5, 5.41) is 0. The molecule has 0 aliphatic carbocycles. The van der Waals surface area contributed by atoms with Gasteiger partial charge in [-0.2, -0.15) is 0 Å². The number of carbonyl (C=O) groups excluding carboxylic acids is 3. The Morgan fingerprint density at radius 1 is 0.344 bits per heavy atom. The number of allylic oxidation sites excluding steroid dienone is 18. The van der Waals surface area contributed by atoms with Crippen molar-refractivity contribution >= 4 is 17.9 Å². The van der Waals surface area contributed by atoms with Gasteiger partial charge in [0.25, 0.3) is 0 Å². The molecule has 0 aliphatic rings. The largest absolute Gasteiger partial charge is 0.462 e. The van der Waals surface area contributed by atoms with E-state index in [0.717, 1.165) is 148 Å². The molecule has 0 aromatic carbocycles. The van der Waals surface area contributed by atoms with Gasteiger partial charge in [-0.15, -0.1) is 0 Å². The van der Waals surface area contributed by atoms with Gasteiger partial charge in [0.1, 0.15) is 13.2 Å². The zero-order chi connectivity index (χ0) is 44.4. The van der Waals surface area contributed by atoms with E-state index in [9.17, 15) is 14.4 Å². The highest BCUT2D eigenvalue weighted by Gasteiger charge is 2.19. The highest BCUT2D eigenvalue weighted by molar-refractivity contribution is 5.71. The van der Waals surface area contributed by atoms with Gasteiger partial charge in [0.05, 0.1) is 0 Å². The van der Waals surface area contributed by atoms with Crippen LogP contribution >= 0.6 is 0 Å². The van der Waals surface area contributed by atoms with Crippen molar-refractivity contribution < 1.29 is 28.6 Å². The normalized spacial score (nSPS) is 13.0. The molecule has 0 saturated carbocycles. The number of ether oxygens (including phenoxy) is 3. The van der Waals surface area contributed by atoms with Gasteiger partial charge in [-0.05, 0) is 116 Å². The monoisotopic (exact) mass is 845 g/mol. The molecule has 0 saturated heterocycles. The molecule has 1 atom stereocenters. The maximum Gasteiger partial charge on any atom is 0.306 e. The Balaban J connectivity index is 4.53. The van der Waals surface area contributed by atoms with Crippen molar-refractivity contribution in [3.8, 4) is 0 Å². The van der Waals surface area contributed by atoms with E-state index < -0.39 is 6.10 Å². The van der Waals surface area contributed by atoms with E-state index in [1.54, 1.807) is 0 Å². The number of unbranched alkanes of at least 4 members (excludes halogenated alkanes) is 13. The summed E-state index contributed by atoms with van der Waals surface area (Å²) >= 11 is 0. The molecular formula is C55H88O6. The molecule has 0 N–H and O–H groups in total. The second kappa shape index (κ2) is 48.7. The molecule has 0 bridgehead atoms. The molecule has 0 aliphatic heterocycles. The predicted octanol–water partition coefficient (Wildman–Crippen LogP) is 16.0. The number of hydrogen-bond acceptors (Lipinski definition) is 6. The van der Waals surface area contributed by atoms with E-state index in [-0.39, 0.29) is 31.1 Å². The summed E-state index contributed by atoms with van der Waals surface area (Å²) in [4.78, 5) is 37.9. The first-order valence-electron chi connectivity index (χ1n) is 24.4. The van der Waals surface area contributed by atoms with Gasteiger partial charge in [0.15, 0.2) is 6.10 Å². The minimum absolute atomic E-state index is 0.108. The van der Waals surface area contributed by atoms with Gasteiger partial charge in [-0.3, -0.25) is 14.4 Å². The first kappa shape index (κ1) is 57.1. The van der Waals surface area contributed by atoms with Crippen molar-refractivity contribution in [2.75, 3.05) is 13.2 Å². The zero-order valence-electron chi connectivity index (χ0n) is 39.1. The van der Waals surface area contributed by atoms with Crippen LogP contribution in [-0.4, -0.2) is 37.2 Å². The Morgan fingerprint density at radius 2 is 0.639 bits per heavy atom. The van der Waals surface area contributed by atoms with E-state index in [2.05, 4.69) is 130 Å². The fraction of sp³-hybridized carbons (Fsp3) is 0.618. The van der Waals surface area contributed by atoms with Crippen LogP contribution in [0.4, 0.5) is 0 Å². The second-order valence-electron chi connectivity index (χ2n) is 15.6. The number of rotatable bonds is 42. The first-order valence-corrected chi connectivity index (χ1v) is 24.4. The Kier molecular flexibility index (Phi) is 45.6. The summed E-state index contributed by atoms with van der Waals surface area (Å²) in [5.74, 6) is -0.990. The van der Waals surface area contributed by atoms with E-state index >= 15 is 0 Å². The van der Waals surface area contributed by atoms with Crippen molar-refractivity contribution in [1.29, 1.82) is 0 Å². The third-order valence-electron chi connectivity index (χ3n) is 9.72. The van der Waals surface area contributed by atoms with E-state index in [4.69, 9.17) is 14.2 Å². The molecule has 6 nitrogen and oxygen atoms in total. The number of esters is 3. The topological polar surface area (TPSA) is 78.9 Å². The molecular weight excluding hydrogens is 757 g/mol. The first-order chi connectivity index (χ1) is 30.0. The quantitative estimate of drug-likeness (QED) is 0.0264. The maximum absolute atomic E-state index is 12.8.